The maximum atomic E-state index is 12.5. The first-order chi connectivity index (χ1) is 16.5. The molecule has 0 unspecified atom stereocenters. The second kappa shape index (κ2) is 8.63. The number of anilines is 2. The number of imide groups is 2. The first-order valence-corrected chi connectivity index (χ1v) is 10.6. The van der Waals surface area contributed by atoms with E-state index in [2.05, 4.69) is 0 Å². The summed E-state index contributed by atoms with van der Waals surface area (Å²) in [6, 6.07) is 23.6. The first kappa shape index (κ1) is 21.1. The second-order valence-corrected chi connectivity index (χ2v) is 7.66. The minimum atomic E-state index is -0.542. The minimum Gasteiger partial charge on any atom is -0.479 e. The van der Waals surface area contributed by atoms with Crippen LogP contribution in [0.1, 0.15) is 17.2 Å². The van der Waals surface area contributed by atoms with E-state index >= 15 is 0 Å². The number of hydrogen-bond donors (Lipinski definition) is 0. The predicted molar refractivity (Wildman–Crippen MR) is 125 cm³/mol. The lowest BCUT2D eigenvalue weighted by atomic mass is 10.0. The Bertz CT molecular complexity index is 1290. The van der Waals surface area contributed by atoms with Gasteiger partial charge in [0.25, 0.3) is 23.6 Å². The van der Waals surface area contributed by atoms with E-state index in [0.717, 1.165) is 20.9 Å². The standard InChI is InChI=1S/C27H18N2O5/c30-23-13-14-24(31)28(23)20-11-12-22(21(17-20)29-25(32)15-16-26(29)33)34-27(18-7-3-1-4-8-18)19-9-5-2-6-10-19/h1-17,27H. The van der Waals surface area contributed by atoms with Gasteiger partial charge < -0.3 is 4.74 Å². The fraction of sp³-hybridized carbons (Fsp3) is 0.0370. The highest BCUT2D eigenvalue weighted by Crippen LogP contribution is 2.39. The molecule has 0 saturated carbocycles. The van der Waals surface area contributed by atoms with Gasteiger partial charge in [-0.1, -0.05) is 60.7 Å². The third kappa shape index (κ3) is 3.80. The topological polar surface area (TPSA) is 84.0 Å². The first-order valence-electron chi connectivity index (χ1n) is 10.6. The number of rotatable bonds is 6. The van der Waals surface area contributed by atoms with Crippen LogP contribution >= 0.6 is 0 Å². The minimum absolute atomic E-state index is 0.141. The van der Waals surface area contributed by atoms with Gasteiger partial charge in [0, 0.05) is 24.3 Å². The van der Waals surface area contributed by atoms with E-state index < -0.39 is 29.7 Å². The Morgan fingerprint density at radius 1 is 0.559 bits per heavy atom. The van der Waals surface area contributed by atoms with Crippen molar-refractivity contribution in [2.75, 3.05) is 9.80 Å². The van der Waals surface area contributed by atoms with Crippen molar-refractivity contribution in [3.8, 4) is 5.75 Å². The molecule has 0 aromatic heterocycles. The van der Waals surface area contributed by atoms with Gasteiger partial charge in [-0.05, 0) is 29.3 Å². The van der Waals surface area contributed by atoms with Crippen LogP contribution in [-0.4, -0.2) is 23.6 Å². The third-order valence-electron chi connectivity index (χ3n) is 5.51. The van der Waals surface area contributed by atoms with Gasteiger partial charge in [-0.3, -0.25) is 19.2 Å². The molecule has 0 saturated heterocycles. The van der Waals surface area contributed by atoms with Gasteiger partial charge in [0.15, 0.2) is 0 Å². The lowest BCUT2D eigenvalue weighted by molar-refractivity contribution is -0.121. The normalized spacial score (nSPS) is 15.2. The summed E-state index contributed by atoms with van der Waals surface area (Å²) in [7, 11) is 0. The zero-order chi connectivity index (χ0) is 23.7. The van der Waals surface area contributed by atoms with Crippen molar-refractivity contribution in [3.05, 3.63) is 114 Å². The molecular formula is C27H18N2O5. The van der Waals surface area contributed by atoms with Crippen LogP contribution in [0.5, 0.6) is 5.75 Å². The van der Waals surface area contributed by atoms with Crippen LogP contribution in [0.15, 0.2) is 103 Å². The van der Waals surface area contributed by atoms with E-state index in [4.69, 9.17) is 4.74 Å². The number of ether oxygens (including phenoxy) is 1. The van der Waals surface area contributed by atoms with Crippen LogP contribution in [0, 0.1) is 0 Å². The van der Waals surface area contributed by atoms with Gasteiger partial charge in [-0.15, -0.1) is 0 Å². The summed E-state index contributed by atoms with van der Waals surface area (Å²) in [6.45, 7) is 0. The largest absolute Gasteiger partial charge is 0.479 e. The zero-order valence-corrected chi connectivity index (χ0v) is 17.8. The van der Waals surface area contributed by atoms with Gasteiger partial charge in [0.1, 0.15) is 11.9 Å². The molecule has 0 bridgehead atoms. The van der Waals surface area contributed by atoms with Crippen LogP contribution in [-0.2, 0) is 19.2 Å². The number of amides is 4. The molecule has 4 amide bonds. The van der Waals surface area contributed by atoms with E-state index in [-0.39, 0.29) is 17.1 Å². The van der Waals surface area contributed by atoms with E-state index in [1.807, 2.05) is 60.7 Å². The van der Waals surface area contributed by atoms with Crippen molar-refractivity contribution in [1.29, 1.82) is 0 Å². The molecule has 2 heterocycles. The number of nitrogens with zero attached hydrogens (tertiary/aromatic N) is 2. The van der Waals surface area contributed by atoms with Crippen LogP contribution in [0.4, 0.5) is 11.4 Å². The van der Waals surface area contributed by atoms with E-state index in [1.54, 1.807) is 12.1 Å². The molecule has 0 N–H and O–H groups in total. The van der Waals surface area contributed by atoms with Crippen molar-refractivity contribution >= 4 is 35.0 Å². The van der Waals surface area contributed by atoms with Crippen LogP contribution in [0.25, 0.3) is 0 Å². The van der Waals surface area contributed by atoms with E-state index in [0.29, 0.717) is 0 Å². The highest BCUT2D eigenvalue weighted by molar-refractivity contribution is 6.30. The summed E-state index contributed by atoms with van der Waals surface area (Å²) in [6.07, 6.45) is 4.13. The Labute approximate surface area is 195 Å². The van der Waals surface area contributed by atoms with Crippen LogP contribution in [0.3, 0.4) is 0 Å². The molecule has 3 aromatic rings. The second-order valence-electron chi connectivity index (χ2n) is 7.66. The number of carbonyl (C=O) groups is 4. The summed E-state index contributed by atoms with van der Waals surface area (Å²) in [5, 5.41) is 0. The summed E-state index contributed by atoms with van der Waals surface area (Å²) in [5.74, 6) is -1.85. The van der Waals surface area contributed by atoms with Gasteiger partial charge in [0.2, 0.25) is 0 Å². The Balaban J connectivity index is 1.61. The van der Waals surface area contributed by atoms with Gasteiger partial charge in [0.05, 0.1) is 11.4 Å². The third-order valence-corrected chi connectivity index (χ3v) is 5.51. The maximum absolute atomic E-state index is 12.5. The Morgan fingerprint density at radius 3 is 1.53 bits per heavy atom. The van der Waals surface area contributed by atoms with Crippen molar-refractivity contribution in [1.82, 2.24) is 0 Å². The number of carbonyl (C=O) groups excluding carboxylic acids is 4. The fourth-order valence-corrected chi connectivity index (χ4v) is 3.92. The summed E-state index contributed by atoms with van der Waals surface area (Å²) < 4.78 is 6.42. The average molecular weight is 450 g/mol. The van der Waals surface area contributed by atoms with E-state index in [9.17, 15) is 19.2 Å². The fourth-order valence-electron chi connectivity index (χ4n) is 3.92. The Morgan fingerprint density at radius 2 is 1.03 bits per heavy atom. The molecule has 2 aliphatic rings. The molecule has 0 spiro atoms. The monoisotopic (exact) mass is 450 g/mol. The molecule has 0 atom stereocenters. The van der Waals surface area contributed by atoms with Crippen LogP contribution < -0.4 is 14.5 Å². The molecule has 7 nitrogen and oxygen atoms in total. The van der Waals surface area contributed by atoms with Crippen molar-refractivity contribution in [3.63, 3.8) is 0 Å². The zero-order valence-electron chi connectivity index (χ0n) is 17.8. The Hall–Kier alpha value is -4.78. The Kier molecular flexibility index (Phi) is 5.35. The quantitative estimate of drug-likeness (QED) is 0.535. The lowest BCUT2D eigenvalue weighted by Gasteiger charge is -2.25. The van der Waals surface area contributed by atoms with E-state index in [1.165, 1.54) is 30.4 Å². The molecule has 34 heavy (non-hydrogen) atoms. The molecule has 0 radical (unpaired) electrons. The molecule has 3 aromatic carbocycles. The molecule has 7 heteroatoms. The van der Waals surface area contributed by atoms with Gasteiger partial charge in [-0.25, -0.2) is 9.80 Å². The SMILES string of the molecule is O=C1C=CC(=O)N1c1ccc(OC(c2ccccc2)c2ccccc2)c(N2C(=O)C=CC2=O)c1. The highest BCUT2D eigenvalue weighted by Gasteiger charge is 2.32. The van der Waals surface area contributed by atoms with Gasteiger partial charge >= 0.3 is 0 Å². The summed E-state index contributed by atoms with van der Waals surface area (Å²) in [4.78, 5) is 51.4. The number of hydrogen-bond acceptors (Lipinski definition) is 5. The molecule has 166 valence electrons. The molecule has 5 rings (SSSR count). The van der Waals surface area contributed by atoms with Crippen molar-refractivity contribution < 1.29 is 23.9 Å². The predicted octanol–water partition coefficient (Wildman–Crippen LogP) is 3.71. The number of benzene rings is 3. The summed E-state index contributed by atoms with van der Waals surface area (Å²) in [5.41, 5.74) is 2.11. The highest BCUT2D eigenvalue weighted by atomic mass is 16.5. The average Bonchev–Trinajstić information content (AvgIpc) is 3.38. The molecule has 2 aliphatic heterocycles. The molecular weight excluding hydrogens is 432 g/mol. The molecule has 0 aliphatic carbocycles. The van der Waals surface area contributed by atoms with Crippen LogP contribution in [0.2, 0.25) is 0 Å². The van der Waals surface area contributed by atoms with Crippen molar-refractivity contribution in [2.24, 2.45) is 0 Å². The summed E-state index contributed by atoms with van der Waals surface area (Å²) >= 11 is 0. The van der Waals surface area contributed by atoms with Gasteiger partial charge in [-0.2, -0.15) is 0 Å². The lowest BCUT2D eigenvalue weighted by Crippen LogP contribution is -2.32. The smallest absolute Gasteiger partial charge is 0.258 e. The van der Waals surface area contributed by atoms with Crippen molar-refractivity contribution in [2.45, 2.75) is 6.10 Å². The maximum Gasteiger partial charge on any atom is 0.258 e. The molecule has 0 fully saturated rings.